The molecule has 0 radical (unpaired) electrons. The zero-order valence-electron chi connectivity index (χ0n) is 11.6. The SMILES string of the molecule is COc1ccc(-c2nc3cc(C)ccc3n2C)cc1Br. The summed E-state index contributed by atoms with van der Waals surface area (Å²) in [6.07, 6.45) is 0. The van der Waals surface area contributed by atoms with Crippen molar-refractivity contribution in [3.05, 3.63) is 46.4 Å². The van der Waals surface area contributed by atoms with Crippen molar-refractivity contribution in [1.29, 1.82) is 0 Å². The Morgan fingerprint density at radius 3 is 2.65 bits per heavy atom. The molecule has 0 aliphatic rings. The predicted octanol–water partition coefficient (Wildman–Crippen LogP) is 4.32. The molecular formula is C16H15BrN2O. The van der Waals surface area contributed by atoms with Crippen molar-refractivity contribution in [3.8, 4) is 17.1 Å². The summed E-state index contributed by atoms with van der Waals surface area (Å²) in [5, 5.41) is 0. The van der Waals surface area contributed by atoms with E-state index in [-0.39, 0.29) is 0 Å². The Morgan fingerprint density at radius 2 is 1.95 bits per heavy atom. The second-order valence-electron chi connectivity index (χ2n) is 4.84. The van der Waals surface area contributed by atoms with Crippen molar-refractivity contribution in [2.45, 2.75) is 6.92 Å². The van der Waals surface area contributed by atoms with Gasteiger partial charge in [0.15, 0.2) is 0 Å². The van der Waals surface area contributed by atoms with Gasteiger partial charge in [-0.3, -0.25) is 0 Å². The van der Waals surface area contributed by atoms with Crippen LogP contribution in [0, 0.1) is 6.92 Å². The number of benzene rings is 2. The maximum absolute atomic E-state index is 5.27. The number of imidazole rings is 1. The number of methoxy groups -OCH3 is 1. The van der Waals surface area contributed by atoms with Crippen LogP contribution in [0.15, 0.2) is 40.9 Å². The zero-order chi connectivity index (χ0) is 14.3. The van der Waals surface area contributed by atoms with Gasteiger partial charge in [0, 0.05) is 12.6 Å². The molecule has 4 heteroatoms. The summed E-state index contributed by atoms with van der Waals surface area (Å²) in [7, 11) is 3.70. The van der Waals surface area contributed by atoms with Crippen molar-refractivity contribution in [1.82, 2.24) is 9.55 Å². The molecule has 0 saturated heterocycles. The number of hydrogen-bond donors (Lipinski definition) is 0. The molecule has 1 heterocycles. The van der Waals surface area contributed by atoms with E-state index < -0.39 is 0 Å². The molecule has 0 spiro atoms. The van der Waals surface area contributed by atoms with Crippen LogP contribution in [0.3, 0.4) is 0 Å². The molecule has 3 nitrogen and oxygen atoms in total. The smallest absolute Gasteiger partial charge is 0.140 e. The first-order valence-electron chi connectivity index (χ1n) is 6.37. The largest absolute Gasteiger partial charge is 0.496 e. The maximum Gasteiger partial charge on any atom is 0.140 e. The summed E-state index contributed by atoms with van der Waals surface area (Å²) >= 11 is 3.52. The first-order valence-corrected chi connectivity index (χ1v) is 7.16. The normalized spacial score (nSPS) is 11.0. The van der Waals surface area contributed by atoms with Crippen molar-refractivity contribution >= 4 is 27.0 Å². The average Bonchev–Trinajstić information content (AvgIpc) is 2.75. The standard InChI is InChI=1S/C16H15BrN2O/c1-10-4-6-14-13(8-10)18-16(19(14)2)11-5-7-15(20-3)12(17)9-11/h4-9H,1-3H3. The molecule has 20 heavy (non-hydrogen) atoms. The van der Waals surface area contributed by atoms with Crippen LogP contribution in [0.25, 0.3) is 22.4 Å². The van der Waals surface area contributed by atoms with Crippen LogP contribution in [-0.4, -0.2) is 16.7 Å². The van der Waals surface area contributed by atoms with E-state index >= 15 is 0 Å². The fraction of sp³-hybridized carbons (Fsp3) is 0.188. The van der Waals surface area contributed by atoms with E-state index in [4.69, 9.17) is 9.72 Å². The second kappa shape index (κ2) is 4.94. The molecule has 0 fully saturated rings. The number of halogens is 1. The Kier molecular flexibility index (Phi) is 3.26. The maximum atomic E-state index is 5.27. The molecule has 0 aliphatic carbocycles. The Bertz CT molecular complexity index is 793. The molecule has 2 aromatic carbocycles. The zero-order valence-corrected chi connectivity index (χ0v) is 13.2. The van der Waals surface area contributed by atoms with Crippen molar-refractivity contribution in [2.75, 3.05) is 7.11 Å². The van der Waals surface area contributed by atoms with Gasteiger partial charge in [0.25, 0.3) is 0 Å². The van der Waals surface area contributed by atoms with E-state index in [1.165, 1.54) is 5.56 Å². The van der Waals surface area contributed by atoms with E-state index in [0.717, 1.165) is 32.6 Å². The minimum atomic E-state index is 0.823. The molecular weight excluding hydrogens is 316 g/mol. The Hall–Kier alpha value is -1.81. The lowest BCUT2D eigenvalue weighted by molar-refractivity contribution is 0.412. The van der Waals surface area contributed by atoms with Crippen LogP contribution in [0.1, 0.15) is 5.56 Å². The lowest BCUT2D eigenvalue weighted by Gasteiger charge is -2.06. The van der Waals surface area contributed by atoms with Gasteiger partial charge in [0.05, 0.1) is 22.6 Å². The number of nitrogens with zero attached hydrogens (tertiary/aromatic N) is 2. The molecule has 0 amide bonds. The summed E-state index contributed by atoms with van der Waals surface area (Å²) in [4.78, 5) is 4.74. The van der Waals surface area contributed by atoms with Gasteiger partial charge in [-0.25, -0.2) is 4.98 Å². The molecule has 0 N–H and O–H groups in total. The highest BCUT2D eigenvalue weighted by molar-refractivity contribution is 9.10. The van der Waals surface area contributed by atoms with Crippen LogP contribution in [0.5, 0.6) is 5.75 Å². The third kappa shape index (κ3) is 2.10. The molecule has 102 valence electrons. The quantitative estimate of drug-likeness (QED) is 0.699. The van der Waals surface area contributed by atoms with Crippen LogP contribution >= 0.6 is 15.9 Å². The van der Waals surface area contributed by atoms with Crippen LogP contribution in [0.2, 0.25) is 0 Å². The number of aryl methyl sites for hydroxylation is 2. The molecule has 3 rings (SSSR count). The third-order valence-corrected chi connectivity index (χ3v) is 4.07. The van der Waals surface area contributed by atoms with Crippen LogP contribution in [-0.2, 0) is 7.05 Å². The van der Waals surface area contributed by atoms with Crippen molar-refractivity contribution in [3.63, 3.8) is 0 Å². The van der Waals surface area contributed by atoms with E-state index in [9.17, 15) is 0 Å². The highest BCUT2D eigenvalue weighted by Crippen LogP contribution is 2.31. The highest BCUT2D eigenvalue weighted by Gasteiger charge is 2.11. The number of rotatable bonds is 2. The Balaban J connectivity index is 2.19. The lowest BCUT2D eigenvalue weighted by atomic mass is 10.2. The molecule has 0 saturated carbocycles. The van der Waals surface area contributed by atoms with Crippen LogP contribution in [0.4, 0.5) is 0 Å². The number of fused-ring (bicyclic) bond motifs is 1. The van der Waals surface area contributed by atoms with E-state index in [1.54, 1.807) is 7.11 Å². The summed E-state index contributed by atoms with van der Waals surface area (Å²) in [5.74, 6) is 1.78. The Morgan fingerprint density at radius 1 is 1.15 bits per heavy atom. The molecule has 0 unspecified atom stereocenters. The lowest BCUT2D eigenvalue weighted by Crippen LogP contribution is -1.93. The Labute approximate surface area is 126 Å². The van der Waals surface area contributed by atoms with Gasteiger partial charge < -0.3 is 9.30 Å². The molecule has 3 aromatic rings. The second-order valence-corrected chi connectivity index (χ2v) is 5.69. The molecule has 0 aliphatic heterocycles. The number of ether oxygens (including phenoxy) is 1. The van der Waals surface area contributed by atoms with Gasteiger partial charge in [0.2, 0.25) is 0 Å². The topological polar surface area (TPSA) is 27.1 Å². The van der Waals surface area contributed by atoms with Gasteiger partial charge in [-0.2, -0.15) is 0 Å². The van der Waals surface area contributed by atoms with E-state index in [2.05, 4.69) is 45.6 Å². The monoisotopic (exact) mass is 330 g/mol. The highest BCUT2D eigenvalue weighted by atomic mass is 79.9. The fourth-order valence-corrected chi connectivity index (χ4v) is 2.91. The summed E-state index contributed by atoms with van der Waals surface area (Å²) in [6.45, 7) is 2.08. The van der Waals surface area contributed by atoms with Gasteiger partial charge >= 0.3 is 0 Å². The summed E-state index contributed by atoms with van der Waals surface area (Å²) in [6, 6.07) is 12.3. The minimum absolute atomic E-state index is 0.823. The first-order chi connectivity index (χ1) is 9.60. The minimum Gasteiger partial charge on any atom is -0.496 e. The summed E-state index contributed by atoms with van der Waals surface area (Å²) < 4.78 is 8.31. The average molecular weight is 331 g/mol. The molecule has 0 atom stereocenters. The number of aromatic nitrogens is 2. The number of hydrogen-bond acceptors (Lipinski definition) is 2. The van der Waals surface area contributed by atoms with Gasteiger partial charge in [-0.05, 0) is 58.7 Å². The van der Waals surface area contributed by atoms with E-state index in [1.807, 2.05) is 25.2 Å². The van der Waals surface area contributed by atoms with Gasteiger partial charge in [0.1, 0.15) is 11.6 Å². The fourth-order valence-electron chi connectivity index (χ4n) is 2.37. The van der Waals surface area contributed by atoms with Crippen LogP contribution < -0.4 is 4.74 Å². The van der Waals surface area contributed by atoms with Gasteiger partial charge in [-0.15, -0.1) is 0 Å². The predicted molar refractivity (Wildman–Crippen MR) is 85.1 cm³/mol. The van der Waals surface area contributed by atoms with E-state index in [0.29, 0.717) is 0 Å². The third-order valence-electron chi connectivity index (χ3n) is 3.45. The summed E-state index contributed by atoms with van der Waals surface area (Å²) in [5.41, 5.74) is 4.44. The molecule has 0 bridgehead atoms. The molecule has 1 aromatic heterocycles. The van der Waals surface area contributed by atoms with Crippen molar-refractivity contribution < 1.29 is 4.74 Å². The first kappa shape index (κ1) is 13.2. The van der Waals surface area contributed by atoms with Gasteiger partial charge in [-0.1, -0.05) is 6.07 Å². The van der Waals surface area contributed by atoms with Crippen molar-refractivity contribution in [2.24, 2.45) is 7.05 Å².